The van der Waals surface area contributed by atoms with Crippen molar-refractivity contribution in [3.8, 4) is 0 Å². The normalized spacial score (nSPS) is 11.1. The van der Waals surface area contributed by atoms with Gasteiger partial charge in [-0.25, -0.2) is 9.59 Å². The number of hydrogen-bond acceptors (Lipinski definition) is 7. The minimum absolute atomic E-state index is 0.0507. The maximum atomic E-state index is 13.5. The lowest BCUT2D eigenvalue weighted by Gasteiger charge is -2.12. The van der Waals surface area contributed by atoms with E-state index in [0.717, 1.165) is 14.7 Å². The summed E-state index contributed by atoms with van der Waals surface area (Å²) in [5.74, 6) is -0.512. The summed E-state index contributed by atoms with van der Waals surface area (Å²) in [6.07, 6.45) is 1.47. The molecule has 0 unspecified atom stereocenters. The Hall–Kier alpha value is -3.71. The van der Waals surface area contributed by atoms with Gasteiger partial charge in [0.05, 0.1) is 23.9 Å². The maximum Gasteiger partial charge on any atom is 0.347 e. The van der Waals surface area contributed by atoms with E-state index in [9.17, 15) is 19.2 Å². The molecule has 3 heterocycles. The van der Waals surface area contributed by atoms with Crippen LogP contribution in [-0.2, 0) is 21.0 Å². The first-order chi connectivity index (χ1) is 17.0. The molecule has 11 heteroatoms. The van der Waals surface area contributed by atoms with Gasteiger partial charge in [0.1, 0.15) is 17.0 Å². The van der Waals surface area contributed by atoms with Crippen LogP contribution in [0.2, 0.25) is 0 Å². The van der Waals surface area contributed by atoms with E-state index in [1.54, 1.807) is 24.3 Å². The van der Waals surface area contributed by atoms with Gasteiger partial charge in [0.25, 0.3) is 5.56 Å². The summed E-state index contributed by atoms with van der Waals surface area (Å²) in [5, 5.41) is 3.45. The Morgan fingerprint density at radius 1 is 1.00 bits per heavy atom. The molecule has 0 fully saturated rings. The highest BCUT2D eigenvalue weighted by Crippen LogP contribution is 2.31. The number of thiophene rings is 1. The van der Waals surface area contributed by atoms with Gasteiger partial charge in [-0.2, -0.15) is 0 Å². The van der Waals surface area contributed by atoms with Crippen molar-refractivity contribution >= 4 is 72.2 Å². The zero-order valence-corrected chi connectivity index (χ0v) is 20.9. The van der Waals surface area contributed by atoms with Crippen LogP contribution in [0.1, 0.15) is 16.1 Å². The van der Waals surface area contributed by atoms with Gasteiger partial charge in [0.15, 0.2) is 23.0 Å². The predicted molar refractivity (Wildman–Crippen MR) is 140 cm³/mol. The number of fused-ring (bicyclic) bond motifs is 3. The van der Waals surface area contributed by atoms with E-state index in [1.165, 1.54) is 57.3 Å². The number of carbonyl (C=O) groups is 2. The molecule has 1 amide bonds. The van der Waals surface area contributed by atoms with Crippen LogP contribution >= 0.6 is 34.3 Å². The third-order valence-corrected chi connectivity index (χ3v) is 6.96. The zero-order chi connectivity index (χ0) is 24.5. The fourth-order valence-electron chi connectivity index (χ4n) is 3.82. The third-order valence-electron chi connectivity index (χ3n) is 5.41. The SMILES string of the molecule is O=C(Cn1c(=O)n(Cc2ccco2)c(=O)c2sc3ccccc3c21)Nc1ccc(C(=O)OI)cc1. The molecule has 0 saturated heterocycles. The summed E-state index contributed by atoms with van der Waals surface area (Å²) >= 11 is 2.78. The van der Waals surface area contributed by atoms with Crippen molar-refractivity contribution in [1.29, 1.82) is 0 Å². The highest BCUT2D eigenvalue weighted by atomic mass is 127. The quantitative estimate of drug-likeness (QED) is 0.293. The summed E-state index contributed by atoms with van der Waals surface area (Å²) in [4.78, 5) is 51.3. The van der Waals surface area contributed by atoms with E-state index in [2.05, 4.69) is 8.38 Å². The van der Waals surface area contributed by atoms with Crippen LogP contribution in [0.15, 0.2) is 80.9 Å². The van der Waals surface area contributed by atoms with Crippen molar-refractivity contribution in [3.05, 3.63) is 99.1 Å². The number of nitrogens with zero attached hydrogens (tertiary/aromatic N) is 2. The van der Waals surface area contributed by atoms with E-state index in [-0.39, 0.29) is 13.1 Å². The van der Waals surface area contributed by atoms with Gasteiger partial charge in [-0.05, 0) is 42.5 Å². The number of halogens is 1. The number of aromatic nitrogens is 2. The van der Waals surface area contributed by atoms with Crippen LogP contribution < -0.4 is 16.6 Å². The zero-order valence-electron chi connectivity index (χ0n) is 17.9. The number of anilines is 1. The second-order valence-corrected chi connectivity index (χ2v) is 9.10. The molecule has 0 atom stereocenters. The molecule has 176 valence electrons. The van der Waals surface area contributed by atoms with E-state index < -0.39 is 23.1 Å². The van der Waals surface area contributed by atoms with Crippen LogP contribution in [0.4, 0.5) is 5.69 Å². The fourth-order valence-corrected chi connectivity index (χ4v) is 5.23. The van der Waals surface area contributed by atoms with Crippen LogP contribution in [0.3, 0.4) is 0 Å². The standard InChI is InChI=1S/C24H16IN3O6S/c25-34-23(31)14-7-9-15(10-8-14)26-19(29)13-27-20-17-5-1-2-6-18(17)35-21(20)22(30)28(24(27)32)12-16-4-3-11-33-16/h1-11H,12-13H2,(H,26,29). The van der Waals surface area contributed by atoms with Crippen molar-refractivity contribution in [3.63, 3.8) is 0 Å². The molecule has 0 saturated carbocycles. The maximum absolute atomic E-state index is 13.5. The highest BCUT2D eigenvalue weighted by molar-refractivity contribution is 14.1. The largest absolute Gasteiger partial charge is 0.467 e. The van der Waals surface area contributed by atoms with Crippen molar-refractivity contribution in [2.24, 2.45) is 0 Å². The molecule has 35 heavy (non-hydrogen) atoms. The Balaban J connectivity index is 1.56. The first-order valence-corrected chi connectivity index (χ1v) is 12.1. The minimum atomic E-state index is -0.613. The number of nitrogens with one attached hydrogen (secondary N) is 1. The minimum Gasteiger partial charge on any atom is -0.467 e. The molecule has 0 bridgehead atoms. The summed E-state index contributed by atoms with van der Waals surface area (Å²) in [6.45, 7) is -0.364. The van der Waals surface area contributed by atoms with Gasteiger partial charge in [-0.1, -0.05) is 18.2 Å². The summed E-state index contributed by atoms with van der Waals surface area (Å²) in [6, 6.07) is 16.9. The molecule has 2 aromatic carbocycles. The van der Waals surface area contributed by atoms with E-state index >= 15 is 0 Å². The first kappa shape index (κ1) is 23.1. The molecule has 3 aromatic heterocycles. The molecule has 0 aliphatic carbocycles. The molecule has 1 N–H and O–H groups in total. The number of benzene rings is 2. The average molecular weight is 601 g/mol. The summed E-state index contributed by atoms with van der Waals surface area (Å²) < 4.78 is 13.6. The fraction of sp³-hybridized carbons (Fsp3) is 0.0833. The second kappa shape index (κ2) is 9.50. The van der Waals surface area contributed by atoms with Crippen LogP contribution in [0.5, 0.6) is 0 Å². The monoisotopic (exact) mass is 601 g/mol. The number of carbonyl (C=O) groups excluding carboxylic acids is 2. The summed E-state index contributed by atoms with van der Waals surface area (Å²) in [7, 11) is 0. The molecule has 0 aliphatic heterocycles. The van der Waals surface area contributed by atoms with Gasteiger partial charge >= 0.3 is 11.7 Å². The predicted octanol–water partition coefficient (Wildman–Crippen LogP) is 4.16. The Morgan fingerprint density at radius 3 is 2.49 bits per heavy atom. The average Bonchev–Trinajstić information content (AvgIpc) is 3.52. The third kappa shape index (κ3) is 4.39. The van der Waals surface area contributed by atoms with Crippen molar-refractivity contribution in [2.75, 3.05) is 5.32 Å². The van der Waals surface area contributed by atoms with Crippen molar-refractivity contribution in [2.45, 2.75) is 13.1 Å². The highest BCUT2D eigenvalue weighted by Gasteiger charge is 2.20. The van der Waals surface area contributed by atoms with Crippen LogP contribution in [0.25, 0.3) is 20.3 Å². The van der Waals surface area contributed by atoms with E-state index in [1.807, 2.05) is 24.3 Å². The summed E-state index contributed by atoms with van der Waals surface area (Å²) in [5.41, 5.74) is 0.162. The lowest BCUT2D eigenvalue weighted by molar-refractivity contribution is -0.116. The van der Waals surface area contributed by atoms with Gasteiger partial charge in [-0.15, -0.1) is 11.3 Å². The molecule has 5 rings (SSSR count). The molecular formula is C24H16IN3O6S. The Kier molecular flexibility index (Phi) is 6.26. The smallest absolute Gasteiger partial charge is 0.347 e. The van der Waals surface area contributed by atoms with Gasteiger partial charge < -0.3 is 12.8 Å². The number of furan rings is 1. The Bertz CT molecular complexity index is 1680. The topological polar surface area (TPSA) is 113 Å². The lowest BCUT2D eigenvalue weighted by atomic mass is 10.2. The van der Waals surface area contributed by atoms with Crippen LogP contribution in [-0.4, -0.2) is 21.0 Å². The van der Waals surface area contributed by atoms with Gasteiger partial charge in [0.2, 0.25) is 5.91 Å². The number of rotatable bonds is 6. The lowest BCUT2D eigenvalue weighted by Crippen LogP contribution is -2.41. The Morgan fingerprint density at radius 2 is 1.77 bits per heavy atom. The molecule has 9 nitrogen and oxygen atoms in total. The molecule has 0 aliphatic rings. The van der Waals surface area contributed by atoms with E-state index in [0.29, 0.717) is 27.2 Å². The van der Waals surface area contributed by atoms with Crippen molar-refractivity contribution in [1.82, 2.24) is 9.13 Å². The van der Waals surface area contributed by atoms with Gasteiger partial charge in [0, 0.05) is 15.8 Å². The molecule has 0 radical (unpaired) electrons. The van der Waals surface area contributed by atoms with E-state index in [4.69, 9.17) is 4.42 Å². The first-order valence-electron chi connectivity index (χ1n) is 10.4. The number of hydrogen-bond donors (Lipinski definition) is 1. The Labute approximate surface area is 215 Å². The van der Waals surface area contributed by atoms with Crippen LogP contribution in [0, 0.1) is 0 Å². The molecular weight excluding hydrogens is 585 g/mol. The molecule has 5 aromatic rings. The van der Waals surface area contributed by atoms with Crippen molar-refractivity contribution < 1.29 is 17.1 Å². The second-order valence-electron chi connectivity index (χ2n) is 7.61. The number of amides is 1. The molecule has 0 spiro atoms. The van der Waals surface area contributed by atoms with Gasteiger partial charge in [-0.3, -0.25) is 18.7 Å².